The number of aliphatic hydroxyl groups is 1. The van der Waals surface area contributed by atoms with Crippen molar-refractivity contribution in [2.45, 2.75) is 67.7 Å². The first-order chi connectivity index (χ1) is 17.0. The second-order valence-corrected chi connectivity index (χ2v) is 11.3. The Morgan fingerprint density at radius 2 is 1.97 bits per heavy atom. The van der Waals surface area contributed by atoms with Gasteiger partial charge in [0.05, 0.1) is 17.1 Å². The van der Waals surface area contributed by atoms with E-state index >= 15 is 0 Å². The lowest BCUT2D eigenvalue weighted by molar-refractivity contribution is -0.199. The van der Waals surface area contributed by atoms with Gasteiger partial charge in [0.25, 0.3) is 5.91 Å². The normalized spacial score (nSPS) is 34.3. The first kappa shape index (κ1) is 21.5. The summed E-state index contributed by atoms with van der Waals surface area (Å²) >= 11 is 0. The summed E-state index contributed by atoms with van der Waals surface area (Å²) in [5.41, 5.74) is 2.07. The number of hydrogen-bond acceptors (Lipinski definition) is 4. The van der Waals surface area contributed by atoms with Crippen LogP contribution in [0.4, 0.5) is 0 Å². The maximum absolute atomic E-state index is 13.2. The smallest absolute Gasteiger partial charge is 0.298 e. The molecule has 2 aromatic carbocycles. The first-order valence-corrected chi connectivity index (χ1v) is 13.1. The largest absolute Gasteiger partial charge is 0.487 e. The van der Waals surface area contributed by atoms with Crippen LogP contribution < -0.4 is 4.74 Å². The Morgan fingerprint density at radius 1 is 1.14 bits per heavy atom. The van der Waals surface area contributed by atoms with Crippen molar-refractivity contribution in [1.82, 2.24) is 9.80 Å². The lowest BCUT2D eigenvalue weighted by Gasteiger charge is -2.64. The summed E-state index contributed by atoms with van der Waals surface area (Å²) < 4.78 is 6.70. The highest BCUT2D eigenvalue weighted by Gasteiger charge is 2.73. The van der Waals surface area contributed by atoms with Crippen LogP contribution in [-0.4, -0.2) is 64.7 Å². The standard InChI is InChI=1S/C30H32N2O3/c1-31(26(33)13-12-20-6-3-2-4-7-20)23-14-15-30(34)25-18-22-8-5-9-24-27(22)29(30,28(23)35-24)16-17-32(25)19-21-10-11-21/h2-9,21,23,25,28,34H,10-11,14-19H2,1H3/t23-,25+,28-,29-,30+/m0/s1. The molecule has 2 bridgehead atoms. The summed E-state index contributed by atoms with van der Waals surface area (Å²) in [6.07, 6.45) is 5.53. The number of piperidine rings is 1. The zero-order chi connectivity index (χ0) is 23.8. The first-order valence-electron chi connectivity index (χ1n) is 13.1. The summed E-state index contributed by atoms with van der Waals surface area (Å²) in [5, 5.41) is 12.6. The Bertz CT molecular complexity index is 1250. The fraction of sp³-hybridized carbons (Fsp3) is 0.500. The van der Waals surface area contributed by atoms with Crippen molar-refractivity contribution in [3.05, 3.63) is 65.2 Å². The van der Waals surface area contributed by atoms with Gasteiger partial charge in [0.1, 0.15) is 11.9 Å². The van der Waals surface area contributed by atoms with Crippen molar-refractivity contribution in [2.75, 3.05) is 20.1 Å². The van der Waals surface area contributed by atoms with E-state index in [1.54, 1.807) is 4.90 Å². The highest BCUT2D eigenvalue weighted by Crippen LogP contribution is 2.64. The third kappa shape index (κ3) is 3.00. The second kappa shape index (κ2) is 7.59. The van der Waals surface area contributed by atoms with Crippen molar-refractivity contribution in [1.29, 1.82) is 0 Å². The van der Waals surface area contributed by atoms with Crippen molar-refractivity contribution < 1.29 is 14.6 Å². The Kier molecular flexibility index (Phi) is 4.66. The molecule has 1 N–H and O–H groups in total. The van der Waals surface area contributed by atoms with Crippen molar-refractivity contribution in [3.63, 3.8) is 0 Å². The van der Waals surface area contributed by atoms with Crippen LogP contribution in [0.3, 0.4) is 0 Å². The van der Waals surface area contributed by atoms with Crippen LogP contribution in [0, 0.1) is 17.8 Å². The number of hydrogen-bond donors (Lipinski definition) is 1. The van der Waals surface area contributed by atoms with Crippen molar-refractivity contribution in [3.8, 4) is 17.6 Å². The number of likely N-dealkylation sites (tertiary alicyclic amines) is 1. The van der Waals surface area contributed by atoms with Gasteiger partial charge in [0.15, 0.2) is 0 Å². The molecule has 180 valence electrons. The number of rotatable bonds is 3. The van der Waals surface area contributed by atoms with E-state index in [0.717, 1.165) is 49.6 Å². The van der Waals surface area contributed by atoms with E-state index in [1.165, 1.54) is 24.0 Å². The van der Waals surface area contributed by atoms with Crippen molar-refractivity contribution in [2.24, 2.45) is 5.92 Å². The zero-order valence-electron chi connectivity index (χ0n) is 20.2. The number of likely N-dealkylation sites (N-methyl/N-ethyl adjacent to an activating group) is 1. The predicted octanol–water partition coefficient (Wildman–Crippen LogP) is 3.13. The zero-order valence-corrected chi connectivity index (χ0v) is 20.2. The molecule has 0 radical (unpaired) electrons. The molecule has 2 saturated carbocycles. The minimum Gasteiger partial charge on any atom is -0.487 e. The molecule has 1 saturated heterocycles. The number of benzene rings is 2. The van der Waals surface area contributed by atoms with Gasteiger partial charge in [0.2, 0.25) is 0 Å². The number of carbonyl (C=O) groups is 1. The van der Waals surface area contributed by atoms with Gasteiger partial charge in [-0.15, -0.1) is 0 Å². The molecule has 2 aliphatic heterocycles. The molecular formula is C30H32N2O3. The summed E-state index contributed by atoms with van der Waals surface area (Å²) in [4.78, 5) is 17.6. The van der Waals surface area contributed by atoms with Crippen LogP contribution >= 0.6 is 0 Å². The van der Waals surface area contributed by atoms with Gasteiger partial charge in [0, 0.05) is 36.7 Å². The molecule has 0 aromatic heterocycles. The van der Waals surface area contributed by atoms with Crippen LogP contribution in [0.2, 0.25) is 0 Å². The lowest BCUT2D eigenvalue weighted by Crippen LogP contribution is -2.78. The van der Waals surface area contributed by atoms with E-state index in [4.69, 9.17) is 4.74 Å². The highest BCUT2D eigenvalue weighted by atomic mass is 16.5. The fourth-order valence-electron chi connectivity index (χ4n) is 7.71. The van der Waals surface area contributed by atoms with Crippen LogP contribution in [0.25, 0.3) is 0 Å². The number of carbonyl (C=O) groups excluding carboxylic acids is 1. The molecular weight excluding hydrogens is 436 g/mol. The Hall–Kier alpha value is -2.81. The number of nitrogens with zero attached hydrogens (tertiary/aromatic N) is 2. The van der Waals surface area contributed by atoms with E-state index in [0.29, 0.717) is 6.42 Å². The van der Waals surface area contributed by atoms with Crippen LogP contribution in [0.15, 0.2) is 48.5 Å². The molecule has 3 fully saturated rings. The van der Waals surface area contributed by atoms with Gasteiger partial charge in [-0.25, -0.2) is 0 Å². The molecule has 35 heavy (non-hydrogen) atoms. The monoisotopic (exact) mass is 468 g/mol. The van der Waals surface area contributed by atoms with E-state index in [9.17, 15) is 9.90 Å². The fourth-order valence-corrected chi connectivity index (χ4v) is 7.71. The minimum absolute atomic E-state index is 0.114. The Labute approximate surface area is 207 Å². The van der Waals surface area contributed by atoms with E-state index in [1.807, 2.05) is 37.4 Å². The SMILES string of the molecule is CN(C(=O)C#Cc1ccccc1)[C@H]1CC[C@@]2(O)[C@H]3Cc4cccc5c4[C@@]2(CCN3CC2CC2)[C@H]1O5. The van der Waals surface area contributed by atoms with Gasteiger partial charge < -0.3 is 14.7 Å². The lowest BCUT2D eigenvalue weighted by atomic mass is 9.48. The maximum Gasteiger partial charge on any atom is 0.298 e. The van der Waals surface area contributed by atoms with E-state index in [-0.39, 0.29) is 24.1 Å². The molecule has 0 unspecified atom stereocenters. The topological polar surface area (TPSA) is 53.0 Å². The van der Waals surface area contributed by atoms with E-state index < -0.39 is 11.0 Å². The average molecular weight is 469 g/mol. The molecule has 1 amide bonds. The molecule has 3 aliphatic carbocycles. The minimum atomic E-state index is -0.833. The Morgan fingerprint density at radius 3 is 2.77 bits per heavy atom. The molecule has 7 rings (SSSR count). The molecule has 1 spiro atoms. The summed E-state index contributed by atoms with van der Waals surface area (Å²) in [5.74, 6) is 7.36. The molecule has 5 aliphatic rings. The van der Waals surface area contributed by atoms with Crippen LogP contribution in [-0.2, 0) is 16.6 Å². The van der Waals surface area contributed by atoms with Gasteiger partial charge in [-0.05, 0) is 74.8 Å². The van der Waals surface area contributed by atoms with Gasteiger partial charge in [-0.3, -0.25) is 9.69 Å². The average Bonchev–Trinajstić information content (AvgIpc) is 3.62. The second-order valence-electron chi connectivity index (χ2n) is 11.3. The van der Waals surface area contributed by atoms with Gasteiger partial charge >= 0.3 is 0 Å². The quantitative estimate of drug-likeness (QED) is 0.704. The third-order valence-electron chi connectivity index (χ3n) is 9.54. The third-order valence-corrected chi connectivity index (χ3v) is 9.54. The highest BCUT2D eigenvalue weighted by molar-refractivity contribution is 5.94. The molecule has 5 nitrogen and oxygen atoms in total. The number of ether oxygens (including phenoxy) is 1. The van der Waals surface area contributed by atoms with Crippen LogP contribution in [0.1, 0.15) is 48.8 Å². The van der Waals surface area contributed by atoms with Gasteiger partial charge in [-0.2, -0.15) is 0 Å². The van der Waals surface area contributed by atoms with E-state index in [2.05, 4.69) is 34.9 Å². The molecule has 5 atom stereocenters. The number of amides is 1. The van der Waals surface area contributed by atoms with Crippen LogP contribution in [0.5, 0.6) is 5.75 Å². The summed E-state index contributed by atoms with van der Waals surface area (Å²) in [6.45, 7) is 2.08. The summed E-state index contributed by atoms with van der Waals surface area (Å²) in [6, 6.07) is 16.0. The summed E-state index contributed by atoms with van der Waals surface area (Å²) in [7, 11) is 1.85. The maximum atomic E-state index is 13.2. The van der Waals surface area contributed by atoms with Crippen molar-refractivity contribution >= 4 is 5.91 Å². The molecule has 2 heterocycles. The molecule has 2 aromatic rings. The Balaban J connectivity index is 1.25. The van der Waals surface area contributed by atoms with Gasteiger partial charge in [-0.1, -0.05) is 36.3 Å². The predicted molar refractivity (Wildman–Crippen MR) is 133 cm³/mol. The molecule has 5 heteroatoms.